The molecule has 3 amide bonds. The standard InChI is InChI=1S/C23H28ClN5O3/c1-14-4-7-18(12-20(14)24)29-16(3)19(15(2)26-29)13-21(30)27-8-10-28(11-9-27)23(32)22(31)25-17-5-6-17/h4,7,12,17H,5-6,8-11,13H2,1-3H3,(H,25,31). The lowest BCUT2D eigenvalue weighted by Crippen LogP contribution is -2.54. The highest BCUT2D eigenvalue weighted by molar-refractivity contribution is 6.35. The second-order valence-corrected chi connectivity index (χ2v) is 9.00. The van der Waals surface area contributed by atoms with Gasteiger partial charge in [-0.05, 0) is 51.3 Å². The summed E-state index contributed by atoms with van der Waals surface area (Å²) < 4.78 is 1.82. The minimum Gasteiger partial charge on any atom is -0.345 e. The molecule has 1 N–H and O–H groups in total. The number of aryl methyl sites for hydroxylation is 2. The van der Waals surface area contributed by atoms with E-state index in [9.17, 15) is 14.4 Å². The number of hydrogen-bond donors (Lipinski definition) is 1. The van der Waals surface area contributed by atoms with Gasteiger partial charge in [-0.3, -0.25) is 14.4 Å². The summed E-state index contributed by atoms with van der Waals surface area (Å²) >= 11 is 6.27. The van der Waals surface area contributed by atoms with E-state index in [0.29, 0.717) is 31.2 Å². The van der Waals surface area contributed by atoms with Crippen LogP contribution in [-0.2, 0) is 20.8 Å². The lowest BCUT2D eigenvalue weighted by molar-refractivity contribution is -0.148. The molecule has 1 aliphatic carbocycles. The van der Waals surface area contributed by atoms with Gasteiger partial charge in [-0.2, -0.15) is 5.10 Å². The van der Waals surface area contributed by atoms with E-state index >= 15 is 0 Å². The largest absolute Gasteiger partial charge is 0.345 e. The SMILES string of the molecule is Cc1ccc(-n2nc(C)c(CC(=O)N3CCN(C(=O)C(=O)NC4CC4)CC3)c2C)cc1Cl. The molecule has 2 aliphatic rings. The Morgan fingerprint density at radius 2 is 1.72 bits per heavy atom. The maximum Gasteiger partial charge on any atom is 0.312 e. The maximum atomic E-state index is 13.0. The topological polar surface area (TPSA) is 87.5 Å². The summed E-state index contributed by atoms with van der Waals surface area (Å²) in [6.07, 6.45) is 2.12. The van der Waals surface area contributed by atoms with Crippen molar-refractivity contribution in [3.8, 4) is 5.69 Å². The molecule has 0 bridgehead atoms. The van der Waals surface area contributed by atoms with Crippen molar-refractivity contribution in [1.29, 1.82) is 0 Å². The Morgan fingerprint density at radius 3 is 2.34 bits per heavy atom. The van der Waals surface area contributed by atoms with Crippen LogP contribution in [0.15, 0.2) is 18.2 Å². The summed E-state index contributed by atoms with van der Waals surface area (Å²) in [7, 11) is 0. The van der Waals surface area contributed by atoms with Gasteiger partial charge in [-0.25, -0.2) is 4.68 Å². The first-order chi connectivity index (χ1) is 15.2. The molecule has 32 heavy (non-hydrogen) atoms. The molecular formula is C23H28ClN5O3. The van der Waals surface area contributed by atoms with Crippen molar-refractivity contribution >= 4 is 29.3 Å². The normalized spacial score (nSPS) is 16.2. The summed E-state index contributed by atoms with van der Waals surface area (Å²) in [4.78, 5) is 40.5. The molecular weight excluding hydrogens is 430 g/mol. The van der Waals surface area contributed by atoms with Crippen molar-refractivity contribution in [2.24, 2.45) is 0 Å². The molecule has 170 valence electrons. The number of carbonyl (C=O) groups excluding carboxylic acids is 3. The smallest absolute Gasteiger partial charge is 0.312 e. The number of carbonyl (C=O) groups is 3. The molecule has 1 saturated heterocycles. The van der Waals surface area contributed by atoms with Crippen LogP contribution in [0.4, 0.5) is 0 Å². The average Bonchev–Trinajstić information content (AvgIpc) is 3.55. The first-order valence-corrected chi connectivity index (χ1v) is 11.3. The number of nitrogens with zero attached hydrogens (tertiary/aromatic N) is 4. The molecule has 1 aromatic heterocycles. The zero-order valence-electron chi connectivity index (χ0n) is 18.7. The predicted molar refractivity (Wildman–Crippen MR) is 121 cm³/mol. The van der Waals surface area contributed by atoms with Crippen molar-refractivity contribution in [3.05, 3.63) is 45.7 Å². The lowest BCUT2D eigenvalue weighted by atomic mass is 10.1. The Kier molecular flexibility index (Phi) is 6.24. The van der Waals surface area contributed by atoms with E-state index in [1.54, 1.807) is 4.90 Å². The van der Waals surface area contributed by atoms with Crippen molar-refractivity contribution < 1.29 is 14.4 Å². The van der Waals surface area contributed by atoms with Gasteiger partial charge in [0.1, 0.15) is 0 Å². The van der Waals surface area contributed by atoms with Gasteiger partial charge >= 0.3 is 11.8 Å². The molecule has 0 unspecified atom stereocenters. The molecule has 0 radical (unpaired) electrons. The van der Waals surface area contributed by atoms with Crippen LogP contribution >= 0.6 is 11.6 Å². The Bertz CT molecular complexity index is 1070. The van der Waals surface area contributed by atoms with E-state index in [4.69, 9.17) is 11.6 Å². The van der Waals surface area contributed by atoms with Crippen LogP contribution in [0.3, 0.4) is 0 Å². The Hall–Kier alpha value is -2.87. The third kappa shape index (κ3) is 4.65. The van der Waals surface area contributed by atoms with Gasteiger partial charge < -0.3 is 15.1 Å². The van der Waals surface area contributed by atoms with E-state index < -0.39 is 11.8 Å². The van der Waals surface area contributed by atoms with Crippen LogP contribution in [-0.4, -0.2) is 69.5 Å². The van der Waals surface area contributed by atoms with Gasteiger partial charge in [0.25, 0.3) is 0 Å². The summed E-state index contributed by atoms with van der Waals surface area (Å²) in [5, 5.41) is 8.02. The summed E-state index contributed by atoms with van der Waals surface area (Å²) in [5.41, 5.74) is 4.46. The molecule has 0 atom stereocenters. The second kappa shape index (κ2) is 8.94. The van der Waals surface area contributed by atoms with Crippen LogP contribution < -0.4 is 5.32 Å². The molecule has 2 aromatic rings. The first-order valence-electron chi connectivity index (χ1n) is 10.9. The Morgan fingerprint density at radius 1 is 1.06 bits per heavy atom. The van der Waals surface area contributed by atoms with Gasteiger partial charge in [-0.1, -0.05) is 17.7 Å². The highest BCUT2D eigenvalue weighted by atomic mass is 35.5. The fraction of sp³-hybridized carbons (Fsp3) is 0.478. The van der Waals surface area contributed by atoms with E-state index in [0.717, 1.165) is 41.0 Å². The predicted octanol–water partition coefficient (Wildman–Crippen LogP) is 1.94. The zero-order valence-corrected chi connectivity index (χ0v) is 19.4. The number of rotatable bonds is 4. The summed E-state index contributed by atoms with van der Waals surface area (Å²) in [5.74, 6) is -1.05. The highest BCUT2D eigenvalue weighted by Gasteiger charge is 2.31. The molecule has 1 saturated carbocycles. The number of halogens is 1. The quantitative estimate of drug-likeness (QED) is 0.711. The van der Waals surface area contributed by atoms with E-state index in [1.807, 2.05) is 43.7 Å². The van der Waals surface area contributed by atoms with Crippen molar-refractivity contribution in [2.45, 2.75) is 46.1 Å². The molecule has 1 aliphatic heterocycles. The number of piperazine rings is 1. The van der Waals surface area contributed by atoms with Gasteiger partial charge in [-0.15, -0.1) is 0 Å². The van der Waals surface area contributed by atoms with Crippen LogP contribution in [0.25, 0.3) is 5.69 Å². The lowest BCUT2D eigenvalue weighted by Gasteiger charge is -2.34. The molecule has 1 aromatic carbocycles. The monoisotopic (exact) mass is 457 g/mol. The fourth-order valence-electron chi connectivity index (χ4n) is 3.94. The molecule has 2 heterocycles. The molecule has 8 nitrogen and oxygen atoms in total. The first kappa shape index (κ1) is 22.3. The Labute approximate surface area is 192 Å². The number of nitrogens with one attached hydrogen (secondary N) is 1. The summed E-state index contributed by atoms with van der Waals surface area (Å²) in [6.45, 7) is 7.36. The minimum absolute atomic E-state index is 0.00720. The van der Waals surface area contributed by atoms with Gasteiger partial charge in [0.15, 0.2) is 0 Å². The van der Waals surface area contributed by atoms with E-state index in [-0.39, 0.29) is 18.4 Å². The summed E-state index contributed by atoms with van der Waals surface area (Å²) in [6, 6.07) is 5.93. The molecule has 0 spiro atoms. The van der Waals surface area contributed by atoms with Crippen LogP contribution in [0, 0.1) is 20.8 Å². The number of hydrogen-bond acceptors (Lipinski definition) is 4. The van der Waals surface area contributed by atoms with Gasteiger partial charge in [0.05, 0.1) is 17.8 Å². The van der Waals surface area contributed by atoms with Crippen LogP contribution in [0.2, 0.25) is 5.02 Å². The van der Waals surface area contributed by atoms with Gasteiger partial charge in [0, 0.05) is 48.5 Å². The third-order valence-electron chi connectivity index (χ3n) is 6.20. The number of amides is 3. The number of aromatic nitrogens is 2. The van der Waals surface area contributed by atoms with E-state index in [1.165, 1.54) is 4.90 Å². The van der Waals surface area contributed by atoms with Crippen LogP contribution in [0.1, 0.15) is 35.4 Å². The molecule has 9 heteroatoms. The van der Waals surface area contributed by atoms with Crippen molar-refractivity contribution in [1.82, 2.24) is 24.9 Å². The minimum atomic E-state index is -0.540. The van der Waals surface area contributed by atoms with Crippen molar-refractivity contribution in [3.63, 3.8) is 0 Å². The van der Waals surface area contributed by atoms with E-state index in [2.05, 4.69) is 10.4 Å². The third-order valence-corrected chi connectivity index (χ3v) is 6.60. The van der Waals surface area contributed by atoms with Gasteiger partial charge in [0.2, 0.25) is 5.91 Å². The highest BCUT2D eigenvalue weighted by Crippen LogP contribution is 2.23. The fourth-order valence-corrected chi connectivity index (χ4v) is 4.11. The average molecular weight is 458 g/mol. The number of benzene rings is 1. The Balaban J connectivity index is 1.38. The molecule has 2 fully saturated rings. The zero-order chi connectivity index (χ0) is 23.0. The maximum absolute atomic E-state index is 13.0. The van der Waals surface area contributed by atoms with Crippen LogP contribution in [0.5, 0.6) is 0 Å². The molecule has 4 rings (SSSR count). The second-order valence-electron chi connectivity index (χ2n) is 8.59. The van der Waals surface area contributed by atoms with Crippen molar-refractivity contribution in [2.75, 3.05) is 26.2 Å².